The maximum absolute atomic E-state index is 11.6. The first-order valence-electron chi connectivity index (χ1n) is 9.46. The lowest BCUT2D eigenvalue weighted by molar-refractivity contribution is -0.111. The van der Waals surface area contributed by atoms with Crippen molar-refractivity contribution in [2.24, 2.45) is 0 Å². The molecule has 0 spiro atoms. The first-order chi connectivity index (χ1) is 14.2. The first-order valence-corrected chi connectivity index (χ1v) is 9.46. The Morgan fingerprint density at radius 3 is 2.79 bits per heavy atom. The molecular formula is C23H21N5O. The molecule has 144 valence electrons. The molecule has 4 aromatic rings. The van der Waals surface area contributed by atoms with Crippen molar-refractivity contribution in [3.8, 4) is 5.82 Å². The van der Waals surface area contributed by atoms with Gasteiger partial charge in [-0.3, -0.25) is 14.3 Å². The molecule has 0 aliphatic carbocycles. The summed E-state index contributed by atoms with van der Waals surface area (Å²) >= 11 is 0. The van der Waals surface area contributed by atoms with Crippen molar-refractivity contribution in [2.45, 2.75) is 19.8 Å². The van der Waals surface area contributed by atoms with E-state index >= 15 is 0 Å². The molecule has 0 unspecified atom stereocenters. The van der Waals surface area contributed by atoms with Crippen molar-refractivity contribution >= 4 is 22.6 Å². The molecule has 6 nitrogen and oxygen atoms in total. The number of aryl methyl sites for hydroxylation is 1. The van der Waals surface area contributed by atoms with Gasteiger partial charge in [-0.25, -0.2) is 9.97 Å². The van der Waals surface area contributed by atoms with E-state index in [1.807, 2.05) is 28.8 Å². The van der Waals surface area contributed by atoms with Gasteiger partial charge in [0, 0.05) is 18.3 Å². The van der Waals surface area contributed by atoms with Crippen LogP contribution in [-0.4, -0.2) is 25.4 Å². The van der Waals surface area contributed by atoms with Crippen LogP contribution in [0.4, 0.5) is 5.69 Å². The van der Waals surface area contributed by atoms with E-state index in [0.717, 1.165) is 29.6 Å². The molecule has 1 amide bonds. The van der Waals surface area contributed by atoms with Crippen LogP contribution in [0.25, 0.3) is 16.9 Å². The Labute approximate surface area is 169 Å². The highest BCUT2D eigenvalue weighted by Gasteiger charge is 2.10. The quantitative estimate of drug-likeness (QED) is 0.509. The standard InChI is InChI=1S/C23H21N5O/c1-3-16-7-5-6-8-17(16)11-19-13-24-14-22(26-19)28-15-25-20-10-9-18(12-21(20)28)27-23(29)4-2/h4-10,12-15H,2-3,11H2,1H3,(H,27,29). The fraction of sp³-hybridized carbons (Fsp3) is 0.130. The second kappa shape index (κ2) is 8.06. The molecule has 0 bridgehead atoms. The summed E-state index contributed by atoms with van der Waals surface area (Å²) in [5.74, 6) is 0.429. The summed E-state index contributed by atoms with van der Waals surface area (Å²) in [7, 11) is 0. The van der Waals surface area contributed by atoms with Crippen LogP contribution in [0.2, 0.25) is 0 Å². The number of hydrogen-bond donors (Lipinski definition) is 1. The number of aromatic nitrogens is 4. The number of carbonyl (C=O) groups excluding carboxylic acids is 1. The monoisotopic (exact) mass is 383 g/mol. The van der Waals surface area contributed by atoms with Crippen LogP contribution in [0.15, 0.2) is 73.8 Å². The molecule has 0 atom stereocenters. The van der Waals surface area contributed by atoms with Crippen molar-refractivity contribution in [3.05, 3.63) is 90.7 Å². The predicted octanol–water partition coefficient (Wildman–Crippen LogP) is 4.09. The van der Waals surface area contributed by atoms with E-state index < -0.39 is 0 Å². The number of nitrogens with one attached hydrogen (secondary N) is 1. The number of benzene rings is 2. The van der Waals surface area contributed by atoms with Gasteiger partial charge >= 0.3 is 0 Å². The molecule has 0 aliphatic heterocycles. The van der Waals surface area contributed by atoms with E-state index in [4.69, 9.17) is 4.98 Å². The molecular weight excluding hydrogens is 362 g/mol. The van der Waals surface area contributed by atoms with E-state index in [1.54, 1.807) is 18.7 Å². The SMILES string of the molecule is C=CC(=O)Nc1ccc2ncn(-c3cncc(Cc4ccccc4CC)n3)c2c1. The Balaban J connectivity index is 1.69. The molecule has 0 radical (unpaired) electrons. The van der Waals surface area contributed by atoms with Gasteiger partial charge in [-0.15, -0.1) is 0 Å². The first kappa shape index (κ1) is 18.6. The normalized spacial score (nSPS) is 10.8. The number of nitrogens with zero attached hydrogens (tertiary/aromatic N) is 4. The molecule has 0 saturated carbocycles. The smallest absolute Gasteiger partial charge is 0.247 e. The largest absolute Gasteiger partial charge is 0.322 e. The minimum atomic E-state index is -0.258. The second-order valence-corrected chi connectivity index (χ2v) is 6.68. The summed E-state index contributed by atoms with van der Waals surface area (Å²) in [5.41, 5.74) is 5.78. The van der Waals surface area contributed by atoms with Gasteiger partial charge < -0.3 is 5.32 Å². The van der Waals surface area contributed by atoms with Crippen LogP contribution < -0.4 is 5.32 Å². The third kappa shape index (κ3) is 3.91. The van der Waals surface area contributed by atoms with Crippen molar-refractivity contribution in [2.75, 3.05) is 5.32 Å². The molecule has 0 aliphatic rings. The molecule has 2 aromatic carbocycles. The molecule has 0 fully saturated rings. The third-order valence-corrected chi connectivity index (χ3v) is 4.79. The van der Waals surface area contributed by atoms with Crippen molar-refractivity contribution in [1.82, 2.24) is 19.5 Å². The average molecular weight is 383 g/mol. The van der Waals surface area contributed by atoms with Crippen LogP contribution in [-0.2, 0) is 17.6 Å². The van der Waals surface area contributed by atoms with E-state index in [-0.39, 0.29) is 5.91 Å². The number of hydrogen-bond acceptors (Lipinski definition) is 4. The average Bonchev–Trinajstić information content (AvgIpc) is 3.17. The summed E-state index contributed by atoms with van der Waals surface area (Å²) < 4.78 is 1.88. The molecule has 2 aromatic heterocycles. The fourth-order valence-electron chi connectivity index (χ4n) is 3.33. The lowest BCUT2D eigenvalue weighted by Crippen LogP contribution is -2.07. The zero-order valence-electron chi connectivity index (χ0n) is 16.2. The van der Waals surface area contributed by atoms with Gasteiger partial charge in [0.15, 0.2) is 5.82 Å². The highest BCUT2D eigenvalue weighted by atomic mass is 16.1. The maximum atomic E-state index is 11.6. The van der Waals surface area contributed by atoms with Gasteiger partial charge in [-0.2, -0.15) is 0 Å². The highest BCUT2D eigenvalue weighted by molar-refractivity contribution is 6.00. The summed E-state index contributed by atoms with van der Waals surface area (Å²) in [5, 5.41) is 2.77. The van der Waals surface area contributed by atoms with Gasteiger partial charge in [0.25, 0.3) is 0 Å². The van der Waals surface area contributed by atoms with Crippen LogP contribution in [0.5, 0.6) is 0 Å². The Kier molecular flexibility index (Phi) is 5.16. The van der Waals surface area contributed by atoms with Crippen LogP contribution in [0.3, 0.4) is 0 Å². The number of carbonyl (C=O) groups is 1. The Hall–Kier alpha value is -3.80. The Bertz CT molecular complexity index is 1190. The summed E-state index contributed by atoms with van der Waals surface area (Å²) in [4.78, 5) is 25.2. The van der Waals surface area contributed by atoms with E-state index in [2.05, 4.69) is 47.0 Å². The van der Waals surface area contributed by atoms with E-state index in [0.29, 0.717) is 11.5 Å². The van der Waals surface area contributed by atoms with Gasteiger partial charge in [-0.1, -0.05) is 37.8 Å². The third-order valence-electron chi connectivity index (χ3n) is 4.79. The highest BCUT2D eigenvalue weighted by Crippen LogP contribution is 2.21. The minimum Gasteiger partial charge on any atom is -0.322 e. The topological polar surface area (TPSA) is 72.7 Å². The van der Waals surface area contributed by atoms with Crippen molar-refractivity contribution < 1.29 is 4.79 Å². The molecule has 29 heavy (non-hydrogen) atoms. The van der Waals surface area contributed by atoms with Crippen LogP contribution >= 0.6 is 0 Å². The summed E-state index contributed by atoms with van der Waals surface area (Å²) in [6.07, 6.45) is 8.17. The molecule has 4 rings (SSSR count). The van der Waals surface area contributed by atoms with Crippen molar-refractivity contribution in [1.29, 1.82) is 0 Å². The number of amides is 1. The Morgan fingerprint density at radius 1 is 1.17 bits per heavy atom. The van der Waals surface area contributed by atoms with Gasteiger partial charge in [0.1, 0.15) is 6.33 Å². The van der Waals surface area contributed by atoms with E-state index in [1.165, 1.54) is 17.2 Å². The zero-order chi connectivity index (χ0) is 20.2. The molecule has 6 heteroatoms. The second-order valence-electron chi connectivity index (χ2n) is 6.68. The lowest BCUT2D eigenvalue weighted by Gasteiger charge is -2.09. The number of fused-ring (bicyclic) bond motifs is 1. The maximum Gasteiger partial charge on any atom is 0.247 e. The minimum absolute atomic E-state index is 0.258. The molecule has 1 N–H and O–H groups in total. The number of anilines is 1. The van der Waals surface area contributed by atoms with Gasteiger partial charge in [0.2, 0.25) is 5.91 Å². The molecule has 0 saturated heterocycles. The summed E-state index contributed by atoms with van der Waals surface area (Å²) in [6.45, 7) is 5.64. The predicted molar refractivity (Wildman–Crippen MR) is 114 cm³/mol. The fourth-order valence-corrected chi connectivity index (χ4v) is 3.33. The van der Waals surface area contributed by atoms with Crippen LogP contribution in [0, 0.1) is 0 Å². The number of imidazole rings is 1. The van der Waals surface area contributed by atoms with Gasteiger partial charge in [0.05, 0.1) is 22.9 Å². The van der Waals surface area contributed by atoms with Crippen molar-refractivity contribution in [3.63, 3.8) is 0 Å². The molecule has 2 heterocycles. The summed E-state index contributed by atoms with van der Waals surface area (Å²) in [6, 6.07) is 13.9. The van der Waals surface area contributed by atoms with E-state index in [9.17, 15) is 4.79 Å². The van der Waals surface area contributed by atoms with Gasteiger partial charge in [-0.05, 0) is 41.8 Å². The lowest BCUT2D eigenvalue weighted by atomic mass is 10.0. The Morgan fingerprint density at radius 2 is 2.00 bits per heavy atom. The zero-order valence-corrected chi connectivity index (χ0v) is 16.2. The van der Waals surface area contributed by atoms with Crippen LogP contribution in [0.1, 0.15) is 23.7 Å². The number of rotatable bonds is 6.